The number of anilines is 6. The first-order chi connectivity index (χ1) is 57.1. The Morgan fingerprint density at radius 2 is 0.656 bits per heavy atom. The number of rotatable bonds is 27. The summed E-state index contributed by atoms with van der Waals surface area (Å²) in [6.07, 6.45) is 2.06. The number of para-hydroxylation sites is 7. The van der Waals surface area contributed by atoms with Crippen LogP contribution >= 0.6 is 0 Å². The molecule has 0 spiro atoms. The molecule has 0 unspecified atom stereocenters. The van der Waals surface area contributed by atoms with Crippen LogP contribution in [0.25, 0.3) is 0 Å². The van der Waals surface area contributed by atoms with Crippen molar-refractivity contribution in [2.75, 3.05) is 38.6 Å². The molecule has 9 aromatic rings. The lowest BCUT2D eigenvalue weighted by Gasteiger charge is -2.35. The largest absolute Gasteiger partial charge is 0.491 e. The highest BCUT2D eigenvalue weighted by Gasteiger charge is 2.29. The molecule has 0 radical (unpaired) electrons. The molecule has 0 saturated carbocycles. The molecule has 1 amide bonds. The fourth-order valence-corrected chi connectivity index (χ4v) is 15.3. The SMILES string of the molecule is CC(C)Cc1ccccc1C(C)C.CC(C)Oc1ccccc1C(C)C.CC(C)c1ccccc1C(C)(C)C(C)C.CC(C)c1ccccc1N(C(C)C)C(C)C.CC(C)c1ccccc1N(C)C(C)C.CC(C)c1ccccc1N(C)C(C)C.CC(C)c1ccccc1N(c1ccccc1)C(C)C.Cc1cccc(C)c1N(C(=O)CC(C)C)C(C)C. The average Bonchev–Trinajstić information content (AvgIpc) is 0.747. The fraction of sp³-hybridized carbons (Fsp3) is 0.522. The monoisotopic (exact) mass is 1660 g/mol. The third-order valence-corrected chi connectivity index (χ3v) is 22.7. The van der Waals surface area contributed by atoms with Crippen molar-refractivity contribution < 1.29 is 9.53 Å². The normalized spacial score (nSPS) is 11.3. The maximum absolute atomic E-state index is 12.4. The predicted molar refractivity (Wildman–Crippen MR) is 547 cm³/mol. The van der Waals surface area contributed by atoms with Crippen molar-refractivity contribution in [1.29, 1.82) is 0 Å². The van der Waals surface area contributed by atoms with Crippen LogP contribution in [0.2, 0.25) is 0 Å². The lowest BCUT2D eigenvalue weighted by atomic mass is 9.72. The summed E-state index contributed by atoms with van der Waals surface area (Å²) in [6, 6.07) is 80.3. The summed E-state index contributed by atoms with van der Waals surface area (Å²) < 4.78 is 5.71. The van der Waals surface area contributed by atoms with Crippen molar-refractivity contribution in [3.63, 3.8) is 0 Å². The fourth-order valence-electron chi connectivity index (χ4n) is 15.3. The van der Waals surface area contributed by atoms with E-state index in [4.69, 9.17) is 4.74 Å². The Balaban J connectivity index is 0.000000474. The van der Waals surface area contributed by atoms with Gasteiger partial charge < -0.3 is 29.2 Å². The van der Waals surface area contributed by atoms with Gasteiger partial charge in [0.2, 0.25) is 5.91 Å². The zero-order valence-corrected chi connectivity index (χ0v) is 85.1. The molecule has 0 aliphatic rings. The number of benzene rings is 9. The van der Waals surface area contributed by atoms with Gasteiger partial charge in [-0.3, -0.25) is 4.79 Å². The average molecular weight is 1660 g/mol. The van der Waals surface area contributed by atoms with Gasteiger partial charge >= 0.3 is 0 Å². The predicted octanol–water partition coefficient (Wildman–Crippen LogP) is 33.5. The molecule has 0 heterocycles. The van der Waals surface area contributed by atoms with E-state index in [-0.39, 0.29) is 23.5 Å². The minimum Gasteiger partial charge on any atom is -0.491 e. The van der Waals surface area contributed by atoms with Gasteiger partial charge in [-0.2, -0.15) is 0 Å². The first-order valence-corrected chi connectivity index (χ1v) is 46.8. The number of aryl methyl sites for hydroxylation is 2. The van der Waals surface area contributed by atoms with Gasteiger partial charge in [0.15, 0.2) is 0 Å². The number of nitrogens with zero attached hydrogens (tertiary/aromatic N) is 5. The number of carbonyl (C=O) groups is 1. The van der Waals surface area contributed by atoms with Crippen LogP contribution in [0.15, 0.2) is 218 Å². The molecule has 0 bridgehead atoms. The number of hydrogen-bond donors (Lipinski definition) is 0. The first-order valence-electron chi connectivity index (χ1n) is 46.8. The van der Waals surface area contributed by atoms with Crippen LogP contribution in [0, 0.1) is 31.6 Å². The summed E-state index contributed by atoms with van der Waals surface area (Å²) in [5.41, 5.74) is 23.4. The van der Waals surface area contributed by atoms with E-state index in [1.54, 1.807) is 0 Å². The van der Waals surface area contributed by atoms with Gasteiger partial charge in [-0.15, -0.1) is 0 Å². The molecular weight excluding hydrogens is 1480 g/mol. The van der Waals surface area contributed by atoms with E-state index in [1.807, 2.05) is 23.1 Å². The van der Waals surface area contributed by atoms with Crippen LogP contribution in [0.1, 0.15) is 358 Å². The van der Waals surface area contributed by atoms with Crippen LogP contribution in [0.4, 0.5) is 34.1 Å². The molecular formula is C115H177N5O2. The van der Waals surface area contributed by atoms with Crippen molar-refractivity contribution in [3.8, 4) is 5.75 Å². The molecule has 0 saturated heterocycles. The van der Waals surface area contributed by atoms with E-state index in [9.17, 15) is 4.79 Å². The van der Waals surface area contributed by atoms with Gasteiger partial charge in [0.1, 0.15) is 5.75 Å². The summed E-state index contributed by atoms with van der Waals surface area (Å²) in [6.45, 7) is 84.2. The Morgan fingerprint density at radius 3 is 1.02 bits per heavy atom. The molecule has 9 rings (SSSR count). The number of hydrogen-bond acceptors (Lipinski definition) is 6. The highest BCUT2D eigenvalue weighted by atomic mass is 16.5. The molecule has 0 N–H and O–H groups in total. The van der Waals surface area contributed by atoms with Crippen LogP contribution in [-0.4, -0.2) is 62.4 Å². The summed E-state index contributed by atoms with van der Waals surface area (Å²) >= 11 is 0. The topological polar surface area (TPSA) is 42.5 Å². The minimum atomic E-state index is 0.191. The van der Waals surface area contributed by atoms with Gasteiger partial charge in [-0.05, 0) is 285 Å². The van der Waals surface area contributed by atoms with Crippen LogP contribution < -0.4 is 29.2 Å². The molecule has 9 aromatic carbocycles. The van der Waals surface area contributed by atoms with Gasteiger partial charge in [0, 0.05) is 90.9 Å². The van der Waals surface area contributed by atoms with Crippen molar-refractivity contribution in [1.82, 2.24) is 0 Å². The second kappa shape index (κ2) is 54.9. The molecule has 7 nitrogen and oxygen atoms in total. The van der Waals surface area contributed by atoms with E-state index < -0.39 is 0 Å². The molecule has 7 heteroatoms. The van der Waals surface area contributed by atoms with E-state index in [1.165, 1.54) is 96.1 Å². The number of carbonyl (C=O) groups excluding carboxylic acids is 1. The third-order valence-electron chi connectivity index (χ3n) is 22.7. The molecule has 674 valence electrons. The Labute approximate surface area is 751 Å². The molecule has 0 aliphatic carbocycles. The van der Waals surface area contributed by atoms with Crippen LogP contribution in [0.5, 0.6) is 5.75 Å². The standard InChI is InChI=1S/C18H23N.C16H25NO.C15H25N.C15H24.2C13H21N.C13H20.C12H18O/c1-14(2)17-12-8-9-13-18(17)19(15(3)4)16-10-6-5-7-11-16;1-11(2)10-15(18)17(12(3)4)16-13(5)8-7-9-14(16)6;1-11(2)14-9-7-8-10-15(14)16(12(3)4)13(5)6;1-11(2)13-9-7-8-10-14(13)15(5,6)12(3)4;2*1-10(2)12-8-6-7-9-13(12)14(5)11(3)4;1-10(2)9-12-7-5-6-8-13(12)11(3)4;1-9(2)11-7-5-6-8-12(11)13-10(3)4/h5-15H,1-4H3;7-9,11-12H,10H2,1-6H3;7-13H,1-6H3;7-12H,1-6H3;2*6-11H,1-5H3;5-8,10-11H,9H2,1-4H3;5-10H,1-4H3. The van der Waals surface area contributed by atoms with E-state index in [2.05, 4.69) is 497 Å². The summed E-state index contributed by atoms with van der Waals surface area (Å²) in [4.78, 5) is 23.9. The van der Waals surface area contributed by atoms with Gasteiger partial charge in [0.25, 0.3) is 0 Å². The summed E-state index contributed by atoms with van der Waals surface area (Å²) in [5, 5.41) is 0. The summed E-state index contributed by atoms with van der Waals surface area (Å²) in [5.74, 6) is 7.12. The highest BCUT2D eigenvalue weighted by molar-refractivity contribution is 5.95. The second-order valence-corrected chi connectivity index (χ2v) is 39.3. The van der Waals surface area contributed by atoms with Crippen LogP contribution in [0.3, 0.4) is 0 Å². The maximum Gasteiger partial charge on any atom is 0.227 e. The highest BCUT2D eigenvalue weighted by Crippen LogP contribution is 2.39. The molecule has 0 aliphatic heterocycles. The zero-order chi connectivity index (χ0) is 92.7. The van der Waals surface area contributed by atoms with Crippen LogP contribution in [-0.2, 0) is 16.6 Å². The Kier molecular flexibility index (Phi) is 49.3. The Morgan fingerprint density at radius 1 is 0.320 bits per heavy atom. The second-order valence-electron chi connectivity index (χ2n) is 39.3. The van der Waals surface area contributed by atoms with Crippen molar-refractivity contribution in [2.24, 2.45) is 17.8 Å². The molecule has 0 fully saturated rings. The lowest BCUT2D eigenvalue weighted by Crippen LogP contribution is -2.38. The Hall–Kier alpha value is -8.55. The first kappa shape index (κ1) is 110. The summed E-state index contributed by atoms with van der Waals surface area (Å²) in [7, 11) is 4.32. The van der Waals surface area contributed by atoms with Gasteiger partial charge in [0.05, 0.1) is 6.10 Å². The molecule has 122 heavy (non-hydrogen) atoms. The quantitative estimate of drug-likeness (QED) is 0.0511. The molecule has 0 atom stereocenters. The number of amides is 1. The Bertz CT molecular complexity index is 4190. The number of ether oxygens (including phenoxy) is 1. The van der Waals surface area contributed by atoms with Crippen molar-refractivity contribution >= 4 is 40.0 Å². The van der Waals surface area contributed by atoms with E-state index >= 15 is 0 Å². The van der Waals surface area contributed by atoms with E-state index in [0.29, 0.717) is 89.9 Å². The van der Waals surface area contributed by atoms with Crippen molar-refractivity contribution in [2.45, 2.75) is 365 Å². The molecule has 0 aromatic heterocycles. The van der Waals surface area contributed by atoms with Crippen molar-refractivity contribution in [3.05, 3.63) is 280 Å². The third kappa shape index (κ3) is 36.0. The van der Waals surface area contributed by atoms with Gasteiger partial charge in [-0.1, -0.05) is 328 Å². The van der Waals surface area contributed by atoms with E-state index in [0.717, 1.165) is 17.4 Å². The zero-order valence-electron chi connectivity index (χ0n) is 85.1. The smallest absolute Gasteiger partial charge is 0.227 e. The van der Waals surface area contributed by atoms with Gasteiger partial charge in [-0.25, -0.2) is 0 Å². The lowest BCUT2D eigenvalue weighted by molar-refractivity contribution is -0.119. The minimum absolute atomic E-state index is 0.191. The maximum atomic E-state index is 12.4.